The maximum Gasteiger partial charge on any atom is 0.224 e. The number of carbonyl (C=O) groups is 1. The lowest BCUT2D eigenvalue weighted by atomic mass is 10.5. The van der Waals surface area contributed by atoms with Gasteiger partial charge in [-0.2, -0.15) is 0 Å². The van der Waals surface area contributed by atoms with Gasteiger partial charge in [-0.25, -0.2) is 0 Å². The van der Waals surface area contributed by atoms with Crippen LogP contribution in [0.2, 0.25) is 0 Å². The van der Waals surface area contributed by atoms with Crippen molar-refractivity contribution in [3.63, 3.8) is 0 Å². The molecule has 1 unspecified atom stereocenters. The summed E-state index contributed by atoms with van der Waals surface area (Å²) in [6.07, 6.45) is 0. The molecule has 0 amide bonds. The van der Waals surface area contributed by atoms with Gasteiger partial charge in [0.2, 0.25) is 8.38 Å². The van der Waals surface area contributed by atoms with E-state index in [-0.39, 0.29) is 11.6 Å². The molecule has 0 fully saturated rings. The van der Waals surface area contributed by atoms with Crippen LogP contribution in [0.1, 0.15) is 6.92 Å². The number of carbonyl (C=O) groups excluding carboxylic acids is 1. The Labute approximate surface area is 72.6 Å². The molecule has 12 heavy (non-hydrogen) atoms. The molecule has 0 aromatic heterocycles. The standard InChI is InChI=1S/C4H8NO3P.CH4O.H3N/c1-3(6)4(5)9(7)8-2;1-2;/h5,7H,1-2H3;2H,1H3;1H3. The smallest absolute Gasteiger partial charge is 0.224 e. The van der Waals surface area contributed by atoms with E-state index in [1.807, 2.05) is 0 Å². The van der Waals surface area contributed by atoms with Crippen LogP contribution in [0.4, 0.5) is 0 Å². The third-order valence-electron chi connectivity index (χ3n) is 0.698. The van der Waals surface area contributed by atoms with Crippen LogP contribution in [0.5, 0.6) is 0 Å². The minimum absolute atomic E-state index is 0. The second-order valence-electron chi connectivity index (χ2n) is 1.36. The number of aliphatic hydroxyl groups excluding tert-OH is 1. The zero-order valence-electron chi connectivity index (χ0n) is 7.37. The van der Waals surface area contributed by atoms with Crippen LogP contribution in [0.3, 0.4) is 0 Å². The summed E-state index contributed by atoms with van der Waals surface area (Å²) >= 11 is 0. The number of Topliss-reactive ketones (excluding diaryl/α,β-unsaturated/α-hetero) is 1. The van der Waals surface area contributed by atoms with Crippen LogP contribution < -0.4 is 6.15 Å². The largest absolute Gasteiger partial charge is 0.400 e. The van der Waals surface area contributed by atoms with E-state index in [9.17, 15) is 4.79 Å². The van der Waals surface area contributed by atoms with Crippen molar-refractivity contribution in [2.45, 2.75) is 6.92 Å². The maximum absolute atomic E-state index is 10.3. The van der Waals surface area contributed by atoms with Crippen molar-refractivity contribution in [2.24, 2.45) is 0 Å². The van der Waals surface area contributed by atoms with Crippen LogP contribution >= 0.6 is 8.38 Å². The van der Waals surface area contributed by atoms with E-state index in [1.165, 1.54) is 14.0 Å². The number of rotatable bonds is 3. The van der Waals surface area contributed by atoms with Gasteiger partial charge in [-0.1, -0.05) is 0 Å². The quantitative estimate of drug-likeness (QED) is 0.382. The Kier molecular flexibility index (Phi) is 15.6. The van der Waals surface area contributed by atoms with E-state index in [0.29, 0.717) is 0 Å². The molecule has 0 radical (unpaired) electrons. The van der Waals surface area contributed by atoms with E-state index in [1.54, 1.807) is 0 Å². The van der Waals surface area contributed by atoms with Gasteiger partial charge in [-0.3, -0.25) is 10.2 Å². The summed E-state index contributed by atoms with van der Waals surface area (Å²) in [5.41, 5.74) is -0.354. The lowest BCUT2D eigenvalue weighted by molar-refractivity contribution is -0.110. The highest BCUT2D eigenvalue weighted by Gasteiger charge is 2.14. The topological polar surface area (TPSA) is 126 Å². The second-order valence-corrected chi connectivity index (χ2v) is 2.72. The Bertz CT molecular complexity index is 141. The normalized spacial score (nSPS) is 10.1. The summed E-state index contributed by atoms with van der Waals surface area (Å²) in [4.78, 5) is 19.0. The molecule has 6 N–H and O–H groups in total. The van der Waals surface area contributed by atoms with Gasteiger partial charge < -0.3 is 20.7 Å². The van der Waals surface area contributed by atoms with Crippen LogP contribution in [-0.4, -0.2) is 35.5 Å². The van der Waals surface area contributed by atoms with E-state index in [2.05, 4.69) is 4.52 Å². The Balaban J connectivity index is -0.000000249. The minimum Gasteiger partial charge on any atom is -0.400 e. The predicted octanol–water partition coefficient (Wildman–Crippen LogP) is 0.274. The Morgan fingerprint density at radius 2 is 1.83 bits per heavy atom. The molecular formula is C5H15N2O4P. The average molecular weight is 198 g/mol. The highest BCUT2D eigenvalue weighted by molar-refractivity contribution is 7.68. The number of hydrogen-bond acceptors (Lipinski definition) is 6. The van der Waals surface area contributed by atoms with Gasteiger partial charge in [0.25, 0.3) is 0 Å². The van der Waals surface area contributed by atoms with E-state index < -0.39 is 14.2 Å². The molecule has 7 heteroatoms. The molecule has 0 saturated carbocycles. The van der Waals surface area contributed by atoms with Crippen molar-refractivity contribution in [3.05, 3.63) is 0 Å². The van der Waals surface area contributed by atoms with Gasteiger partial charge in [0.05, 0.1) is 0 Å². The fourth-order valence-corrected chi connectivity index (χ4v) is 0.678. The molecule has 0 heterocycles. The first kappa shape index (κ1) is 17.6. The molecule has 0 spiro atoms. The zero-order valence-corrected chi connectivity index (χ0v) is 8.26. The van der Waals surface area contributed by atoms with Gasteiger partial charge in [0.1, 0.15) is 0 Å². The van der Waals surface area contributed by atoms with Crippen LogP contribution in [0.25, 0.3) is 0 Å². The molecule has 0 aliphatic rings. The summed E-state index contributed by atoms with van der Waals surface area (Å²) < 4.78 is 4.35. The monoisotopic (exact) mass is 198 g/mol. The first-order chi connectivity index (χ1) is 5.09. The van der Waals surface area contributed by atoms with Crippen molar-refractivity contribution >= 4 is 19.6 Å². The van der Waals surface area contributed by atoms with Crippen LogP contribution in [0.15, 0.2) is 0 Å². The molecule has 0 bridgehead atoms. The number of hydrogen-bond donors (Lipinski definition) is 4. The summed E-state index contributed by atoms with van der Waals surface area (Å²) in [5.74, 6) is -0.453. The maximum atomic E-state index is 10.3. The Morgan fingerprint density at radius 1 is 1.50 bits per heavy atom. The number of aliphatic hydroxyl groups is 1. The highest BCUT2D eigenvalue weighted by Crippen LogP contribution is 2.30. The van der Waals surface area contributed by atoms with Gasteiger partial charge in [-0.15, -0.1) is 0 Å². The molecule has 6 nitrogen and oxygen atoms in total. The molecule has 0 rings (SSSR count). The average Bonchev–Trinajstić information content (AvgIpc) is 2.05. The molecular weight excluding hydrogens is 183 g/mol. The zero-order chi connectivity index (χ0) is 9.44. The number of nitrogens with one attached hydrogen (secondary N) is 1. The molecule has 0 saturated heterocycles. The molecule has 0 aliphatic heterocycles. The highest BCUT2D eigenvalue weighted by atomic mass is 31.2. The van der Waals surface area contributed by atoms with Gasteiger partial charge >= 0.3 is 0 Å². The first-order valence-corrected chi connectivity index (χ1v) is 3.88. The summed E-state index contributed by atoms with van der Waals surface area (Å²) in [5, 5.41) is 13.9. The lowest BCUT2D eigenvalue weighted by Crippen LogP contribution is -2.06. The summed E-state index contributed by atoms with van der Waals surface area (Å²) in [6.45, 7) is 1.22. The van der Waals surface area contributed by atoms with Crippen molar-refractivity contribution in [1.82, 2.24) is 6.15 Å². The first-order valence-electron chi connectivity index (χ1n) is 2.67. The lowest BCUT2D eigenvalue weighted by Gasteiger charge is -2.03. The van der Waals surface area contributed by atoms with Gasteiger partial charge in [-0.05, 0) is 0 Å². The van der Waals surface area contributed by atoms with Crippen molar-refractivity contribution < 1.29 is 19.3 Å². The van der Waals surface area contributed by atoms with E-state index in [4.69, 9.17) is 15.4 Å². The second kappa shape index (κ2) is 10.6. The molecule has 1 atom stereocenters. The van der Waals surface area contributed by atoms with Gasteiger partial charge in [0, 0.05) is 21.1 Å². The SMILES string of the molecule is CO.COP(O)C(=N)C(C)=O.N. The summed E-state index contributed by atoms with van der Waals surface area (Å²) in [7, 11) is 0.308. The Morgan fingerprint density at radius 3 is 1.92 bits per heavy atom. The summed E-state index contributed by atoms with van der Waals surface area (Å²) in [6, 6.07) is 0. The third kappa shape index (κ3) is 7.71. The Hall–Kier alpha value is -0.390. The van der Waals surface area contributed by atoms with Crippen molar-refractivity contribution in [2.75, 3.05) is 14.2 Å². The van der Waals surface area contributed by atoms with Crippen molar-refractivity contribution in [3.8, 4) is 0 Å². The fourth-order valence-electron chi connectivity index (χ4n) is 0.226. The molecule has 0 aliphatic carbocycles. The van der Waals surface area contributed by atoms with Crippen LogP contribution in [0, 0.1) is 5.41 Å². The van der Waals surface area contributed by atoms with E-state index >= 15 is 0 Å². The molecule has 0 aromatic carbocycles. The van der Waals surface area contributed by atoms with E-state index in [0.717, 1.165) is 7.11 Å². The van der Waals surface area contributed by atoms with Crippen LogP contribution in [-0.2, 0) is 9.32 Å². The number of ketones is 1. The van der Waals surface area contributed by atoms with Crippen molar-refractivity contribution in [1.29, 1.82) is 5.41 Å². The fraction of sp³-hybridized carbons (Fsp3) is 0.600. The van der Waals surface area contributed by atoms with Gasteiger partial charge in [0.15, 0.2) is 11.2 Å². The predicted molar refractivity (Wildman–Crippen MR) is 47.7 cm³/mol. The minimum atomic E-state index is -1.95. The third-order valence-corrected chi connectivity index (χ3v) is 1.74. The molecule has 74 valence electrons. The molecule has 0 aromatic rings.